The zero-order chi connectivity index (χ0) is 14.0. The maximum atomic E-state index is 8.05. The molecular formula is C16H20N2. The molecule has 0 radical (unpaired) electrons. The zero-order valence-corrected chi connectivity index (χ0v) is 11.4. The average Bonchev–Trinajstić information content (AvgIpc) is 2.38. The Hall–Kier alpha value is -1.96. The van der Waals surface area contributed by atoms with E-state index in [1.54, 1.807) is 0 Å². The summed E-state index contributed by atoms with van der Waals surface area (Å²) < 4.78 is 8.05. The molecule has 2 aromatic carbocycles. The van der Waals surface area contributed by atoms with Crippen LogP contribution < -0.4 is 9.80 Å². The van der Waals surface area contributed by atoms with Gasteiger partial charge in [0.05, 0.1) is 1.37 Å². The SMILES string of the molecule is [2H]c1cc(-c2ccc(N(C)C)cc2)ccc1N(C)C. The standard InChI is InChI=1S/C16H20N2/c1-17(2)15-9-5-13(6-10-15)14-7-11-16(12-8-14)18(3)4/h5-12H,1-4H3/i9D. The quantitative estimate of drug-likeness (QED) is 0.811. The van der Waals surface area contributed by atoms with Crippen molar-refractivity contribution in [2.24, 2.45) is 0 Å². The molecule has 0 heterocycles. The van der Waals surface area contributed by atoms with E-state index in [1.165, 1.54) is 5.69 Å². The topological polar surface area (TPSA) is 6.48 Å². The molecule has 0 amide bonds. The fraction of sp³-hybridized carbons (Fsp3) is 0.250. The first-order chi connectivity index (χ1) is 8.99. The molecule has 0 aliphatic carbocycles. The normalized spacial score (nSPS) is 11.0. The lowest BCUT2D eigenvalue weighted by atomic mass is 10.0. The number of hydrogen-bond acceptors (Lipinski definition) is 2. The summed E-state index contributed by atoms with van der Waals surface area (Å²) in [5.41, 5.74) is 4.35. The molecule has 0 atom stereocenters. The van der Waals surface area contributed by atoms with E-state index in [2.05, 4.69) is 35.2 Å². The van der Waals surface area contributed by atoms with E-state index in [0.717, 1.165) is 16.8 Å². The van der Waals surface area contributed by atoms with Crippen LogP contribution in [-0.2, 0) is 0 Å². The third kappa shape index (κ3) is 2.65. The number of nitrogens with zero attached hydrogens (tertiary/aromatic N) is 2. The van der Waals surface area contributed by atoms with Crippen molar-refractivity contribution in [3.8, 4) is 11.1 Å². The van der Waals surface area contributed by atoms with E-state index < -0.39 is 0 Å². The molecular weight excluding hydrogens is 220 g/mol. The van der Waals surface area contributed by atoms with Crippen molar-refractivity contribution >= 4 is 11.4 Å². The molecule has 2 aromatic rings. The number of benzene rings is 2. The lowest BCUT2D eigenvalue weighted by molar-refractivity contribution is 1.13. The first-order valence-corrected chi connectivity index (χ1v) is 6.05. The first kappa shape index (κ1) is 11.1. The van der Waals surface area contributed by atoms with E-state index >= 15 is 0 Å². The van der Waals surface area contributed by atoms with Crippen molar-refractivity contribution in [1.29, 1.82) is 0 Å². The summed E-state index contributed by atoms with van der Waals surface area (Å²) in [4.78, 5) is 4.04. The van der Waals surface area contributed by atoms with E-state index in [1.807, 2.05) is 45.2 Å². The Bertz CT molecular complexity index is 559. The van der Waals surface area contributed by atoms with Gasteiger partial charge in [-0.1, -0.05) is 24.3 Å². The highest BCUT2D eigenvalue weighted by atomic mass is 15.1. The van der Waals surface area contributed by atoms with Gasteiger partial charge in [0, 0.05) is 39.6 Å². The van der Waals surface area contributed by atoms with Crippen LogP contribution in [0.25, 0.3) is 11.1 Å². The Morgan fingerprint density at radius 1 is 0.667 bits per heavy atom. The van der Waals surface area contributed by atoms with Crippen molar-refractivity contribution in [1.82, 2.24) is 0 Å². The van der Waals surface area contributed by atoms with Gasteiger partial charge in [0.15, 0.2) is 0 Å². The van der Waals surface area contributed by atoms with Gasteiger partial charge in [-0.15, -0.1) is 0 Å². The van der Waals surface area contributed by atoms with Crippen molar-refractivity contribution in [3.63, 3.8) is 0 Å². The third-order valence-electron chi connectivity index (χ3n) is 3.00. The minimum atomic E-state index is 0.555. The van der Waals surface area contributed by atoms with Crippen LogP contribution in [0.15, 0.2) is 48.5 Å². The summed E-state index contributed by atoms with van der Waals surface area (Å²) in [7, 11) is 7.98. The van der Waals surface area contributed by atoms with E-state index in [0.29, 0.717) is 6.04 Å². The molecule has 2 nitrogen and oxygen atoms in total. The fourth-order valence-electron chi connectivity index (χ4n) is 1.83. The molecule has 0 aliphatic heterocycles. The van der Waals surface area contributed by atoms with E-state index in [4.69, 9.17) is 1.37 Å². The van der Waals surface area contributed by atoms with Gasteiger partial charge in [0.25, 0.3) is 0 Å². The Labute approximate surface area is 111 Å². The minimum absolute atomic E-state index is 0.555. The number of hydrogen-bond donors (Lipinski definition) is 0. The highest BCUT2D eigenvalue weighted by Crippen LogP contribution is 2.24. The second-order valence-corrected chi connectivity index (χ2v) is 4.80. The summed E-state index contributed by atoms with van der Waals surface area (Å²) in [6.07, 6.45) is 0. The highest BCUT2D eigenvalue weighted by molar-refractivity contribution is 5.68. The Morgan fingerprint density at radius 2 is 1.11 bits per heavy atom. The molecule has 2 heteroatoms. The molecule has 0 spiro atoms. The van der Waals surface area contributed by atoms with Crippen LogP contribution in [0.5, 0.6) is 0 Å². The molecule has 0 N–H and O–H groups in total. The smallest absolute Gasteiger partial charge is 0.0645 e. The van der Waals surface area contributed by atoms with E-state index in [9.17, 15) is 0 Å². The van der Waals surface area contributed by atoms with Crippen LogP contribution in [0.2, 0.25) is 0 Å². The van der Waals surface area contributed by atoms with Crippen LogP contribution in [0.3, 0.4) is 0 Å². The predicted molar refractivity (Wildman–Crippen MR) is 80.5 cm³/mol. The fourth-order valence-corrected chi connectivity index (χ4v) is 1.83. The molecule has 0 bridgehead atoms. The van der Waals surface area contributed by atoms with Crippen LogP contribution >= 0.6 is 0 Å². The largest absolute Gasteiger partial charge is 0.378 e. The summed E-state index contributed by atoms with van der Waals surface area (Å²) in [5.74, 6) is 0. The number of rotatable bonds is 3. The average molecular weight is 241 g/mol. The second-order valence-electron chi connectivity index (χ2n) is 4.80. The van der Waals surface area contributed by atoms with E-state index in [-0.39, 0.29) is 0 Å². The van der Waals surface area contributed by atoms with Crippen molar-refractivity contribution in [2.45, 2.75) is 0 Å². The maximum Gasteiger partial charge on any atom is 0.0645 e. The minimum Gasteiger partial charge on any atom is -0.378 e. The molecule has 0 saturated heterocycles. The van der Waals surface area contributed by atoms with Gasteiger partial charge >= 0.3 is 0 Å². The molecule has 18 heavy (non-hydrogen) atoms. The summed E-state index contributed by atoms with van der Waals surface area (Å²) in [5, 5.41) is 0. The molecule has 0 aliphatic rings. The monoisotopic (exact) mass is 241 g/mol. The highest BCUT2D eigenvalue weighted by Gasteiger charge is 2.00. The van der Waals surface area contributed by atoms with Gasteiger partial charge in [-0.25, -0.2) is 0 Å². The molecule has 2 rings (SSSR count). The third-order valence-corrected chi connectivity index (χ3v) is 3.00. The Balaban J connectivity index is 2.34. The Kier molecular flexibility index (Phi) is 3.18. The lowest BCUT2D eigenvalue weighted by Gasteiger charge is -2.14. The Morgan fingerprint density at radius 3 is 1.56 bits per heavy atom. The second kappa shape index (κ2) is 5.13. The molecule has 94 valence electrons. The van der Waals surface area contributed by atoms with Crippen LogP contribution in [0, 0.1) is 0 Å². The molecule has 0 saturated carbocycles. The van der Waals surface area contributed by atoms with Crippen LogP contribution in [0.1, 0.15) is 1.37 Å². The van der Waals surface area contributed by atoms with Gasteiger partial charge in [-0.05, 0) is 35.4 Å². The van der Waals surface area contributed by atoms with Crippen molar-refractivity contribution in [3.05, 3.63) is 48.5 Å². The van der Waals surface area contributed by atoms with Gasteiger partial charge < -0.3 is 9.80 Å². The number of anilines is 2. The van der Waals surface area contributed by atoms with Gasteiger partial charge in [-0.3, -0.25) is 0 Å². The van der Waals surface area contributed by atoms with Crippen molar-refractivity contribution < 1.29 is 1.37 Å². The molecule has 0 fully saturated rings. The van der Waals surface area contributed by atoms with Crippen LogP contribution in [-0.4, -0.2) is 28.2 Å². The predicted octanol–water partition coefficient (Wildman–Crippen LogP) is 3.49. The van der Waals surface area contributed by atoms with Gasteiger partial charge in [0.1, 0.15) is 0 Å². The summed E-state index contributed by atoms with van der Waals surface area (Å²) >= 11 is 0. The van der Waals surface area contributed by atoms with Crippen molar-refractivity contribution in [2.75, 3.05) is 38.0 Å². The molecule has 0 aromatic heterocycles. The zero-order valence-electron chi connectivity index (χ0n) is 12.4. The van der Waals surface area contributed by atoms with Gasteiger partial charge in [-0.2, -0.15) is 0 Å². The van der Waals surface area contributed by atoms with Crippen LogP contribution in [0.4, 0.5) is 11.4 Å². The summed E-state index contributed by atoms with van der Waals surface area (Å²) in [6.45, 7) is 0. The summed E-state index contributed by atoms with van der Waals surface area (Å²) in [6, 6.07) is 14.9. The maximum absolute atomic E-state index is 8.05. The molecule has 0 unspecified atom stereocenters. The lowest BCUT2D eigenvalue weighted by Crippen LogP contribution is -2.08. The van der Waals surface area contributed by atoms with Gasteiger partial charge in [0.2, 0.25) is 0 Å². The first-order valence-electron chi connectivity index (χ1n) is 6.55.